The molecule has 0 aliphatic carbocycles. The molecule has 0 aliphatic rings. The Balaban J connectivity index is 2.23. The number of ether oxygens (including phenoxy) is 2. The van der Waals surface area contributed by atoms with Crippen LogP contribution in [0.1, 0.15) is 23.7 Å². The third-order valence-electron chi connectivity index (χ3n) is 3.86. The largest absolute Gasteiger partial charge is 0.497 e. The summed E-state index contributed by atoms with van der Waals surface area (Å²) in [6, 6.07) is 5.20. The van der Waals surface area contributed by atoms with Crippen molar-refractivity contribution >= 4 is 27.2 Å². The fraction of sp³-hybridized carbons (Fsp3) is 0.333. The number of pyridine rings is 1. The van der Waals surface area contributed by atoms with E-state index in [1.165, 1.54) is 0 Å². The number of anilines is 1. The van der Waals surface area contributed by atoms with Crippen molar-refractivity contribution in [2.24, 2.45) is 4.99 Å². The summed E-state index contributed by atoms with van der Waals surface area (Å²) >= 11 is 0. The van der Waals surface area contributed by atoms with Gasteiger partial charge in [-0.15, -0.1) is 0 Å². The van der Waals surface area contributed by atoms with Crippen molar-refractivity contribution in [3.63, 3.8) is 0 Å². The topological polar surface area (TPSA) is 86.8 Å². The molecular weight excluding hydrogens is 338 g/mol. The van der Waals surface area contributed by atoms with Crippen LogP contribution in [0.15, 0.2) is 29.4 Å². The Kier molecular flexibility index (Phi) is 6.14. The highest BCUT2D eigenvalue weighted by Crippen LogP contribution is 2.28. The van der Waals surface area contributed by atoms with Crippen LogP contribution in [0.5, 0.6) is 11.5 Å². The second-order valence-electron chi connectivity index (χ2n) is 5.59. The van der Waals surface area contributed by atoms with Crippen LogP contribution in [0.2, 0.25) is 0 Å². The predicted octanol–water partition coefficient (Wildman–Crippen LogP) is 3.30. The molecule has 0 radical (unpaired) electrons. The summed E-state index contributed by atoms with van der Waals surface area (Å²) in [7, 11) is 1.88. The molecule has 0 aliphatic heterocycles. The molecule has 7 heteroatoms. The molecule has 25 heavy (non-hydrogen) atoms. The Bertz CT molecular complexity index is 835. The van der Waals surface area contributed by atoms with Gasteiger partial charge in [-0.05, 0) is 32.9 Å². The van der Waals surface area contributed by atoms with Crippen molar-refractivity contribution in [2.45, 2.75) is 26.5 Å². The maximum Gasteiger partial charge on any atom is 0.128 e. The number of aromatic nitrogens is 1. The molecule has 0 fully saturated rings. The van der Waals surface area contributed by atoms with Gasteiger partial charge in [0.15, 0.2) is 0 Å². The van der Waals surface area contributed by atoms with E-state index in [1.54, 1.807) is 45.5 Å². The molecule has 1 aromatic heterocycles. The van der Waals surface area contributed by atoms with Crippen molar-refractivity contribution in [1.82, 2.24) is 4.98 Å². The van der Waals surface area contributed by atoms with Crippen LogP contribution in [0.25, 0.3) is 0 Å². The summed E-state index contributed by atoms with van der Waals surface area (Å²) in [5.41, 5.74) is 9.58. The Morgan fingerprint density at radius 3 is 2.60 bits per heavy atom. The number of nitrogens with zero attached hydrogens (tertiary/aromatic N) is 2. The van der Waals surface area contributed by atoms with Crippen molar-refractivity contribution < 1.29 is 13.7 Å². The van der Waals surface area contributed by atoms with E-state index in [-0.39, 0.29) is 5.75 Å². The molecule has 6 nitrogen and oxygen atoms in total. The van der Waals surface area contributed by atoms with Gasteiger partial charge < -0.3 is 15.2 Å². The molecule has 2 N–H and O–H groups in total. The zero-order chi connectivity index (χ0) is 18.6. The summed E-state index contributed by atoms with van der Waals surface area (Å²) in [6.45, 7) is 5.57. The van der Waals surface area contributed by atoms with E-state index in [1.807, 2.05) is 13.8 Å². The molecule has 0 bridgehead atoms. The van der Waals surface area contributed by atoms with Gasteiger partial charge in [0.2, 0.25) is 0 Å². The molecule has 1 atom stereocenters. The molecular formula is C18H23N3O3S. The number of hydrogen-bond acceptors (Lipinski definition) is 6. The molecule has 134 valence electrons. The highest BCUT2D eigenvalue weighted by molar-refractivity contribution is 7.99. The van der Waals surface area contributed by atoms with E-state index in [9.17, 15) is 4.21 Å². The van der Waals surface area contributed by atoms with Gasteiger partial charge >= 0.3 is 0 Å². The minimum Gasteiger partial charge on any atom is -0.497 e. The van der Waals surface area contributed by atoms with Gasteiger partial charge in [-0.3, -0.25) is 9.19 Å². The van der Waals surface area contributed by atoms with Crippen LogP contribution < -0.4 is 15.2 Å². The SMILES string of the molecule is COc1ccc(N=C(C)S(=O)Cc2ncc(C)c(OC)c2C)c(N)c1. The maximum atomic E-state index is 12.6. The van der Waals surface area contributed by atoms with E-state index in [2.05, 4.69) is 9.98 Å². The highest BCUT2D eigenvalue weighted by Gasteiger charge is 2.14. The molecule has 0 saturated carbocycles. The summed E-state index contributed by atoms with van der Waals surface area (Å²) in [4.78, 5) is 8.78. The predicted molar refractivity (Wildman–Crippen MR) is 102 cm³/mol. The van der Waals surface area contributed by atoms with E-state index < -0.39 is 10.8 Å². The van der Waals surface area contributed by atoms with Gasteiger partial charge in [-0.2, -0.15) is 0 Å². The van der Waals surface area contributed by atoms with Crippen LogP contribution in [0.3, 0.4) is 0 Å². The smallest absolute Gasteiger partial charge is 0.128 e. The Morgan fingerprint density at radius 1 is 1.28 bits per heavy atom. The average Bonchev–Trinajstić information content (AvgIpc) is 2.59. The lowest BCUT2D eigenvalue weighted by Gasteiger charge is -2.12. The van der Waals surface area contributed by atoms with Crippen molar-refractivity contribution in [1.29, 1.82) is 0 Å². The number of hydrogen-bond donors (Lipinski definition) is 1. The van der Waals surface area contributed by atoms with Crippen LogP contribution >= 0.6 is 0 Å². The molecule has 1 aromatic carbocycles. The standard InChI is InChI=1S/C18H23N3O3S/c1-11-9-20-17(12(2)18(11)24-5)10-25(22)13(3)21-16-7-6-14(23-4)8-15(16)19/h6-9H,10,19H2,1-5H3. The van der Waals surface area contributed by atoms with E-state index in [0.717, 1.165) is 22.6 Å². The van der Waals surface area contributed by atoms with Crippen molar-refractivity contribution in [3.05, 3.63) is 41.2 Å². The molecule has 1 unspecified atom stereocenters. The van der Waals surface area contributed by atoms with Gasteiger partial charge in [-0.1, -0.05) is 0 Å². The Hall–Kier alpha value is -2.41. The van der Waals surface area contributed by atoms with E-state index >= 15 is 0 Å². The minimum absolute atomic E-state index is 0.272. The first-order valence-electron chi connectivity index (χ1n) is 7.73. The first kappa shape index (κ1) is 18.9. The third kappa shape index (κ3) is 4.36. The zero-order valence-electron chi connectivity index (χ0n) is 15.1. The van der Waals surface area contributed by atoms with Gasteiger partial charge in [-0.25, -0.2) is 4.99 Å². The molecule has 1 heterocycles. The highest BCUT2D eigenvalue weighted by atomic mass is 32.2. The monoisotopic (exact) mass is 361 g/mol. The van der Waals surface area contributed by atoms with E-state index in [0.29, 0.717) is 22.2 Å². The molecule has 0 saturated heterocycles. The van der Waals surface area contributed by atoms with Crippen LogP contribution in [-0.4, -0.2) is 28.5 Å². The maximum absolute atomic E-state index is 12.6. The zero-order valence-corrected chi connectivity index (χ0v) is 15.9. The normalized spacial score (nSPS) is 12.8. The van der Waals surface area contributed by atoms with Crippen molar-refractivity contribution in [2.75, 3.05) is 20.0 Å². The molecule has 0 amide bonds. The van der Waals surface area contributed by atoms with Crippen LogP contribution in [0.4, 0.5) is 11.4 Å². The second-order valence-corrected chi connectivity index (χ2v) is 7.16. The lowest BCUT2D eigenvalue weighted by atomic mass is 10.1. The van der Waals surface area contributed by atoms with Gasteiger partial charge in [0.05, 0.1) is 47.8 Å². The number of rotatable bonds is 5. The molecule has 2 rings (SSSR count). The summed E-state index contributed by atoms with van der Waals surface area (Å²) in [5.74, 6) is 1.70. The minimum atomic E-state index is -1.31. The first-order valence-corrected chi connectivity index (χ1v) is 9.05. The lowest BCUT2D eigenvalue weighted by molar-refractivity contribution is 0.407. The number of nitrogens with two attached hydrogens (primary N) is 1. The van der Waals surface area contributed by atoms with Crippen molar-refractivity contribution in [3.8, 4) is 11.5 Å². The van der Waals surface area contributed by atoms with Crippen LogP contribution in [0, 0.1) is 13.8 Å². The van der Waals surface area contributed by atoms with Gasteiger partial charge in [0.1, 0.15) is 16.5 Å². The lowest BCUT2D eigenvalue weighted by Crippen LogP contribution is -2.09. The Morgan fingerprint density at radius 2 is 2.00 bits per heavy atom. The van der Waals surface area contributed by atoms with Gasteiger partial charge in [0, 0.05) is 23.4 Å². The number of methoxy groups -OCH3 is 2. The van der Waals surface area contributed by atoms with Crippen LogP contribution in [-0.2, 0) is 16.6 Å². The summed E-state index contributed by atoms with van der Waals surface area (Å²) in [6.07, 6.45) is 1.73. The van der Waals surface area contributed by atoms with Gasteiger partial charge in [0.25, 0.3) is 0 Å². The number of benzene rings is 1. The number of nitrogen functional groups attached to an aromatic ring is 1. The average molecular weight is 361 g/mol. The first-order chi connectivity index (χ1) is 11.9. The fourth-order valence-corrected chi connectivity index (χ4v) is 3.38. The molecule has 2 aromatic rings. The number of aliphatic imine (C=N–C) groups is 1. The quantitative estimate of drug-likeness (QED) is 0.502. The Labute approximate surface area is 150 Å². The second kappa shape index (κ2) is 8.11. The third-order valence-corrected chi connectivity index (χ3v) is 5.15. The number of aryl methyl sites for hydroxylation is 1. The summed E-state index contributed by atoms with van der Waals surface area (Å²) < 4.78 is 23.1. The summed E-state index contributed by atoms with van der Waals surface area (Å²) in [5, 5.41) is 0.484. The van der Waals surface area contributed by atoms with E-state index in [4.69, 9.17) is 15.2 Å². The fourth-order valence-electron chi connectivity index (χ4n) is 2.43. The molecule has 0 spiro atoms.